The van der Waals surface area contributed by atoms with Gasteiger partial charge in [0.05, 0.1) is 0 Å². The van der Waals surface area contributed by atoms with Gasteiger partial charge in [0.25, 0.3) is 0 Å². The topological polar surface area (TPSA) is 46.3 Å². The summed E-state index contributed by atoms with van der Waals surface area (Å²) in [6.07, 6.45) is 6.30. The zero-order chi connectivity index (χ0) is 14.8. The van der Waals surface area contributed by atoms with Gasteiger partial charge in [-0.05, 0) is 56.6 Å². The van der Waals surface area contributed by atoms with E-state index in [0.29, 0.717) is 5.91 Å². The van der Waals surface area contributed by atoms with Crippen LogP contribution in [0.1, 0.15) is 43.7 Å². The number of hydrogen-bond donors (Lipinski definition) is 1. The van der Waals surface area contributed by atoms with Gasteiger partial charge in [-0.2, -0.15) is 0 Å². The molecule has 1 amide bonds. The van der Waals surface area contributed by atoms with Gasteiger partial charge >= 0.3 is 0 Å². The number of carbonyl (C=O) groups excluding carboxylic acids is 1. The maximum Gasteiger partial charge on any atom is 0.226 e. The second-order valence-electron chi connectivity index (χ2n) is 6.66. The number of likely N-dealkylation sites (tertiary alicyclic amines) is 1. The molecule has 0 radical (unpaired) electrons. The van der Waals surface area contributed by atoms with Crippen LogP contribution in [0.15, 0.2) is 24.3 Å². The van der Waals surface area contributed by atoms with Crippen molar-refractivity contribution in [3.8, 4) is 0 Å². The van der Waals surface area contributed by atoms with Crippen LogP contribution in [0.5, 0.6) is 0 Å². The maximum absolute atomic E-state index is 12.9. The monoisotopic (exact) mass is 286 g/mol. The van der Waals surface area contributed by atoms with Crippen molar-refractivity contribution in [1.29, 1.82) is 0 Å². The first-order chi connectivity index (χ1) is 10.2. The lowest BCUT2D eigenvalue weighted by Crippen LogP contribution is -2.53. The number of amides is 1. The lowest BCUT2D eigenvalue weighted by molar-refractivity contribution is -0.140. The Morgan fingerprint density at radius 3 is 2.76 bits per heavy atom. The number of aryl methyl sites for hydroxylation is 1. The highest BCUT2D eigenvalue weighted by Crippen LogP contribution is 2.29. The van der Waals surface area contributed by atoms with E-state index < -0.39 is 0 Å². The molecule has 21 heavy (non-hydrogen) atoms. The molecule has 3 atom stereocenters. The summed E-state index contributed by atoms with van der Waals surface area (Å²) in [5, 5.41) is 0. The fourth-order valence-electron chi connectivity index (χ4n) is 3.92. The van der Waals surface area contributed by atoms with Crippen LogP contribution in [0.3, 0.4) is 0 Å². The van der Waals surface area contributed by atoms with Crippen molar-refractivity contribution in [3.63, 3.8) is 0 Å². The average molecular weight is 286 g/mol. The third-order valence-electron chi connectivity index (χ3n) is 5.14. The molecular weight excluding hydrogens is 260 g/mol. The van der Waals surface area contributed by atoms with E-state index in [1.54, 1.807) is 0 Å². The molecule has 0 spiro atoms. The predicted molar refractivity (Wildman–Crippen MR) is 85.0 cm³/mol. The Morgan fingerprint density at radius 1 is 1.24 bits per heavy atom. The molecule has 1 aromatic carbocycles. The Morgan fingerprint density at radius 2 is 2.00 bits per heavy atom. The molecule has 3 unspecified atom stereocenters. The van der Waals surface area contributed by atoms with E-state index in [-0.39, 0.29) is 18.0 Å². The fraction of sp³-hybridized carbons (Fsp3) is 0.611. The first-order valence-electron chi connectivity index (χ1n) is 8.29. The number of hydrogen-bond acceptors (Lipinski definition) is 2. The third kappa shape index (κ3) is 2.98. The molecule has 0 saturated carbocycles. The van der Waals surface area contributed by atoms with Crippen LogP contribution in [-0.2, 0) is 17.6 Å². The molecule has 1 heterocycles. The van der Waals surface area contributed by atoms with E-state index in [2.05, 4.69) is 29.2 Å². The van der Waals surface area contributed by atoms with Gasteiger partial charge in [-0.25, -0.2) is 0 Å². The molecule has 1 aliphatic carbocycles. The second kappa shape index (κ2) is 6.18. The molecule has 1 fully saturated rings. The summed E-state index contributed by atoms with van der Waals surface area (Å²) >= 11 is 0. The third-order valence-corrected chi connectivity index (χ3v) is 5.14. The molecule has 2 aliphatic rings. The Labute approximate surface area is 127 Å². The molecule has 0 bridgehead atoms. The number of benzene rings is 1. The van der Waals surface area contributed by atoms with Crippen LogP contribution in [0.4, 0.5) is 0 Å². The van der Waals surface area contributed by atoms with E-state index in [1.807, 2.05) is 6.92 Å². The fourth-order valence-corrected chi connectivity index (χ4v) is 3.92. The van der Waals surface area contributed by atoms with Gasteiger partial charge in [0.2, 0.25) is 5.91 Å². The highest BCUT2D eigenvalue weighted by molar-refractivity contribution is 5.80. The van der Waals surface area contributed by atoms with Crippen molar-refractivity contribution in [3.05, 3.63) is 35.4 Å². The number of nitrogens with two attached hydrogens (primary N) is 1. The van der Waals surface area contributed by atoms with Crippen molar-refractivity contribution in [2.75, 3.05) is 6.54 Å². The smallest absolute Gasteiger partial charge is 0.226 e. The predicted octanol–water partition coefficient (Wildman–Crippen LogP) is 2.52. The number of rotatable bonds is 2. The first kappa shape index (κ1) is 14.6. The van der Waals surface area contributed by atoms with Crippen LogP contribution in [-0.4, -0.2) is 29.4 Å². The number of nitrogens with zero attached hydrogens (tertiary/aromatic N) is 1. The van der Waals surface area contributed by atoms with Crippen LogP contribution in [0.2, 0.25) is 0 Å². The van der Waals surface area contributed by atoms with E-state index >= 15 is 0 Å². The minimum Gasteiger partial charge on any atom is -0.338 e. The van der Waals surface area contributed by atoms with E-state index in [1.165, 1.54) is 17.5 Å². The summed E-state index contributed by atoms with van der Waals surface area (Å²) in [5.41, 5.74) is 8.89. The number of carbonyl (C=O) groups is 1. The van der Waals surface area contributed by atoms with E-state index in [9.17, 15) is 4.79 Å². The lowest BCUT2D eigenvalue weighted by Gasteiger charge is -2.40. The second-order valence-corrected chi connectivity index (χ2v) is 6.66. The van der Waals surface area contributed by atoms with Crippen LogP contribution in [0, 0.1) is 5.92 Å². The number of piperidine rings is 1. The summed E-state index contributed by atoms with van der Waals surface area (Å²) in [5.74, 6) is 0.491. The zero-order valence-electron chi connectivity index (χ0n) is 12.9. The highest BCUT2D eigenvalue weighted by Gasteiger charge is 2.34. The van der Waals surface area contributed by atoms with Gasteiger partial charge < -0.3 is 10.6 Å². The summed E-state index contributed by atoms with van der Waals surface area (Å²) < 4.78 is 0. The first-order valence-corrected chi connectivity index (χ1v) is 8.29. The molecular formula is C18H26N2O. The van der Waals surface area contributed by atoms with Gasteiger partial charge in [-0.15, -0.1) is 0 Å². The molecule has 1 aliphatic heterocycles. The molecule has 1 aromatic rings. The van der Waals surface area contributed by atoms with Crippen LogP contribution >= 0.6 is 0 Å². The van der Waals surface area contributed by atoms with Gasteiger partial charge in [0.1, 0.15) is 0 Å². The van der Waals surface area contributed by atoms with Crippen LogP contribution < -0.4 is 5.73 Å². The van der Waals surface area contributed by atoms with Crippen molar-refractivity contribution in [2.45, 2.75) is 57.5 Å². The standard InChI is InChI=1S/C18H26N2O/c1-13(19)17-8-4-5-11-20(17)18(21)16-10-9-14-6-2-3-7-15(14)12-16/h2-3,6-7,13,16-17H,4-5,8-12,19H2,1H3. The maximum atomic E-state index is 12.9. The minimum absolute atomic E-state index is 0.0742. The van der Waals surface area contributed by atoms with Crippen LogP contribution in [0.25, 0.3) is 0 Å². The summed E-state index contributed by atoms with van der Waals surface area (Å²) in [7, 11) is 0. The van der Waals surface area contributed by atoms with Gasteiger partial charge in [-0.3, -0.25) is 4.79 Å². The van der Waals surface area contributed by atoms with Gasteiger partial charge in [-0.1, -0.05) is 24.3 Å². The minimum atomic E-state index is 0.0742. The average Bonchev–Trinajstić information content (AvgIpc) is 2.53. The van der Waals surface area contributed by atoms with Gasteiger partial charge in [0.15, 0.2) is 0 Å². The Kier molecular flexibility index (Phi) is 4.29. The Bertz CT molecular complexity index is 512. The molecule has 114 valence electrons. The van der Waals surface area contributed by atoms with Crippen molar-refractivity contribution in [2.24, 2.45) is 11.7 Å². The van der Waals surface area contributed by atoms with Crippen molar-refractivity contribution >= 4 is 5.91 Å². The zero-order valence-corrected chi connectivity index (χ0v) is 12.9. The molecule has 2 N–H and O–H groups in total. The summed E-state index contributed by atoms with van der Waals surface area (Å²) in [6, 6.07) is 8.86. The Balaban J connectivity index is 1.73. The van der Waals surface area contributed by atoms with Gasteiger partial charge in [0, 0.05) is 24.5 Å². The molecule has 3 rings (SSSR count). The summed E-state index contributed by atoms with van der Waals surface area (Å²) in [6.45, 7) is 2.93. The summed E-state index contributed by atoms with van der Waals surface area (Å²) in [4.78, 5) is 15.0. The van der Waals surface area contributed by atoms with Crippen molar-refractivity contribution < 1.29 is 4.79 Å². The SMILES string of the molecule is CC(N)C1CCCCN1C(=O)C1CCc2ccccc2C1. The number of fused-ring (bicyclic) bond motifs is 1. The van der Waals surface area contributed by atoms with Crippen molar-refractivity contribution in [1.82, 2.24) is 4.90 Å². The quantitative estimate of drug-likeness (QED) is 0.908. The van der Waals surface area contributed by atoms with E-state index in [4.69, 9.17) is 5.73 Å². The lowest BCUT2D eigenvalue weighted by atomic mass is 9.82. The Hall–Kier alpha value is -1.35. The molecule has 3 heteroatoms. The molecule has 1 saturated heterocycles. The normalized spacial score (nSPS) is 27.0. The van der Waals surface area contributed by atoms with E-state index in [0.717, 1.165) is 38.6 Å². The largest absolute Gasteiger partial charge is 0.338 e. The molecule has 0 aromatic heterocycles. The molecule has 3 nitrogen and oxygen atoms in total. The highest BCUT2D eigenvalue weighted by atomic mass is 16.2.